The molecule has 3 aromatic heterocycles. The van der Waals surface area contributed by atoms with E-state index in [0.29, 0.717) is 40.7 Å². The average Bonchev–Trinajstić information content (AvgIpc) is 3.62. The number of aromatic nitrogens is 5. The molecule has 5 rings (SSSR count). The van der Waals surface area contributed by atoms with Crippen LogP contribution in [0.15, 0.2) is 42.6 Å². The Labute approximate surface area is 218 Å². The number of hydrogen-bond acceptors (Lipinski definition) is 8. The van der Waals surface area contributed by atoms with E-state index in [9.17, 15) is 14.3 Å². The number of aromatic amines is 1. The lowest BCUT2D eigenvalue weighted by Crippen LogP contribution is -2.35. The van der Waals surface area contributed by atoms with E-state index in [1.165, 1.54) is 0 Å². The summed E-state index contributed by atoms with van der Waals surface area (Å²) in [4.78, 5) is 16.7. The van der Waals surface area contributed by atoms with E-state index < -0.39 is 18.4 Å². The quantitative estimate of drug-likeness (QED) is 0.271. The number of alkyl halides is 1. The van der Waals surface area contributed by atoms with Crippen molar-refractivity contribution in [3.63, 3.8) is 0 Å². The van der Waals surface area contributed by atoms with Crippen molar-refractivity contribution in [3.05, 3.63) is 54.0 Å². The van der Waals surface area contributed by atoms with Gasteiger partial charge in [-0.3, -0.25) is 5.10 Å². The molecule has 1 saturated carbocycles. The Hall–Kier alpha value is -4.19. The molecule has 12 heteroatoms. The van der Waals surface area contributed by atoms with Crippen LogP contribution in [0.3, 0.4) is 0 Å². The molecule has 0 spiro atoms. The molecule has 0 aliphatic heterocycles. The van der Waals surface area contributed by atoms with Crippen LogP contribution in [-0.4, -0.2) is 61.4 Å². The Morgan fingerprint density at radius 2 is 2.13 bits per heavy atom. The number of carbonyl (C=O) groups is 1. The van der Waals surface area contributed by atoms with E-state index in [2.05, 4.69) is 25.9 Å². The van der Waals surface area contributed by atoms with Gasteiger partial charge in [0.05, 0.1) is 31.3 Å². The molecule has 1 amide bonds. The monoisotopic (exact) mass is 523 g/mol. The van der Waals surface area contributed by atoms with Gasteiger partial charge in [-0.25, -0.2) is 18.7 Å². The zero-order valence-corrected chi connectivity index (χ0v) is 21.3. The molecule has 0 saturated heterocycles. The van der Waals surface area contributed by atoms with E-state index in [4.69, 9.17) is 14.5 Å². The molecule has 200 valence electrons. The highest BCUT2D eigenvalue weighted by Crippen LogP contribution is 2.38. The first-order chi connectivity index (χ1) is 18.3. The number of rotatable bonds is 8. The number of aliphatic hydroxyl groups excluding tert-OH is 1. The van der Waals surface area contributed by atoms with Crippen molar-refractivity contribution >= 4 is 23.2 Å². The van der Waals surface area contributed by atoms with Crippen molar-refractivity contribution in [2.45, 2.75) is 57.5 Å². The summed E-state index contributed by atoms with van der Waals surface area (Å²) in [7, 11) is 1.60. The van der Waals surface area contributed by atoms with Gasteiger partial charge in [0.2, 0.25) is 0 Å². The number of anilines is 2. The van der Waals surface area contributed by atoms with Crippen LogP contribution in [0.5, 0.6) is 5.75 Å². The first-order valence-electron chi connectivity index (χ1n) is 12.4. The highest BCUT2D eigenvalue weighted by molar-refractivity contribution is 5.76. The van der Waals surface area contributed by atoms with Gasteiger partial charge in [-0.15, -0.1) is 0 Å². The van der Waals surface area contributed by atoms with Crippen LogP contribution in [0, 0.1) is 0 Å². The van der Waals surface area contributed by atoms with E-state index in [1.807, 2.05) is 38.1 Å². The van der Waals surface area contributed by atoms with E-state index in [0.717, 1.165) is 11.3 Å². The van der Waals surface area contributed by atoms with Crippen LogP contribution in [-0.2, 0) is 11.3 Å². The number of methoxy groups -OCH3 is 1. The maximum atomic E-state index is 14.6. The smallest absolute Gasteiger partial charge is 0.407 e. The Morgan fingerprint density at radius 1 is 1.29 bits per heavy atom. The minimum atomic E-state index is -1.26. The van der Waals surface area contributed by atoms with Crippen LogP contribution in [0.1, 0.15) is 44.0 Å². The fourth-order valence-electron chi connectivity index (χ4n) is 4.60. The summed E-state index contributed by atoms with van der Waals surface area (Å²) >= 11 is 0. The Balaban J connectivity index is 1.38. The van der Waals surface area contributed by atoms with Crippen molar-refractivity contribution in [2.24, 2.45) is 0 Å². The molecule has 11 nitrogen and oxygen atoms in total. The average molecular weight is 524 g/mol. The number of halogens is 1. The number of amides is 1. The number of fused-ring (bicyclic) bond motifs is 1. The second-order valence-electron chi connectivity index (χ2n) is 9.59. The first kappa shape index (κ1) is 25.5. The van der Waals surface area contributed by atoms with Gasteiger partial charge in [-0.05, 0) is 44.9 Å². The predicted octanol–water partition coefficient (Wildman–Crippen LogP) is 4.08. The highest BCUT2D eigenvalue weighted by Gasteiger charge is 2.38. The molecule has 3 atom stereocenters. The number of H-pyrrole nitrogens is 1. The summed E-state index contributed by atoms with van der Waals surface area (Å²) in [6.07, 6.45) is -0.346. The lowest BCUT2D eigenvalue weighted by molar-refractivity contribution is 0.0593. The minimum absolute atomic E-state index is 0.0919. The molecule has 1 aliphatic rings. The largest absolute Gasteiger partial charge is 0.497 e. The van der Waals surface area contributed by atoms with E-state index in [-0.39, 0.29) is 25.0 Å². The third-order valence-electron chi connectivity index (χ3n) is 6.41. The molecular formula is C26H30FN7O4. The number of ether oxygens (including phenoxy) is 2. The summed E-state index contributed by atoms with van der Waals surface area (Å²) in [6, 6.07) is 11.0. The summed E-state index contributed by atoms with van der Waals surface area (Å²) in [5, 5.41) is 27.2. The van der Waals surface area contributed by atoms with Crippen LogP contribution in [0.25, 0.3) is 16.8 Å². The SMILES string of the molecule is COc1cccc(-c2cn3nc(CO)cc3c(Nc3cc([C@H]4C[C@@H](F)[C@@H](OC(=O)NC(C)C)C4)[nH]n3)n2)c1. The van der Waals surface area contributed by atoms with Gasteiger partial charge >= 0.3 is 6.09 Å². The van der Waals surface area contributed by atoms with E-state index >= 15 is 0 Å². The molecule has 0 unspecified atom stereocenters. The van der Waals surface area contributed by atoms with Crippen LogP contribution in [0.2, 0.25) is 0 Å². The van der Waals surface area contributed by atoms with Gasteiger partial charge in [0.15, 0.2) is 11.6 Å². The lowest BCUT2D eigenvalue weighted by atomic mass is 10.0. The van der Waals surface area contributed by atoms with Gasteiger partial charge in [0.1, 0.15) is 23.5 Å². The molecule has 4 aromatic rings. The van der Waals surface area contributed by atoms with Crippen molar-refractivity contribution in [1.29, 1.82) is 0 Å². The van der Waals surface area contributed by atoms with Crippen LogP contribution >= 0.6 is 0 Å². The molecule has 38 heavy (non-hydrogen) atoms. The second kappa shape index (κ2) is 10.7. The number of aliphatic hydroxyl groups is 1. The third kappa shape index (κ3) is 5.40. The second-order valence-corrected chi connectivity index (χ2v) is 9.59. The molecule has 1 aromatic carbocycles. The van der Waals surface area contributed by atoms with Gasteiger partial charge in [0, 0.05) is 29.3 Å². The first-order valence-corrected chi connectivity index (χ1v) is 12.4. The van der Waals surface area contributed by atoms with Crippen LogP contribution < -0.4 is 15.4 Å². The van der Waals surface area contributed by atoms with Crippen molar-refractivity contribution in [3.8, 4) is 17.0 Å². The number of benzene rings is 1. The minimum Gasteiger partial charge on any atom is -0.497 e. The van der Waals surface area contributed by atoms with Crippen LogP contribution in [0.4, 0.5) is 20.8 Å². The summed E-state index contributed by atoms with van der Waals surface area (Å²) in [6.45, 7) is 3.41. The molecule has 3 heterocycles. The van der Waals surface area contributed by atoms with Gasteiger partial charge in [-0.2, -0.15) is 10.2 Å². The number of carbonyl (C=O) groups excluding carboxylic acids is 1. The number of alkyl carbamates (subject to hydrolysis) is 1. The number of nitrogens with zero attached hydrogens (tertiary/aromatic N) is 4. The fraction of sp³-hybridized carbons (Fsp3) is 0.385. The Morgan fingerprint density at radius 3 is 2.89 bits per heavy atom. The fourth-order valence-corrected chi connectivity index (χ4v) is 4.60. The Bertz CT molecular complexity index is 1440. The van der Waals surface area contributed by atoms with Crippen molar-refractivity contribution < 1.29 is 23.8 Å². The third-order valence-corrected chi connectivity index (χ3v) is 6.41. The normalized spacial score (nSPS) is 19.2. The summed E-state index contributed by atoms with van der Waals surface area (Å²) in [5.74, 6) is 1.48. The molecule has 0 bridgehead atoms. The maximum Gasteiger partial charge on any atom is 0.407 e. The molecular weight excluding hydrogens is 493 g/mol. The topological polar surface area (TPSA) is 139 Å². The van der Waals surface area contributed by atoms with Crippen molar-refractivity contribution in [2.75, 3.05) is 12.4 Å². The zero-order valence-electron chi connectivity index (χ0n) is 21.3. The highest BCUT2D eigenvalue weighted by atomic mass is 19.1. The standard InChI is InChI=1S/C26H30FN7O4/c1-14(2)28-26(36)38-23-9-16(8-19(23)27)20-11-24(32-31-20)30-25-22-10-17(13-35)33-34(22)12-21(29-25)15-5-4-6-18(7-15)37-3/h4-7,10-12,14,16,19,23,35H,8-9,13H2,1-3H3,(H,28,36)(H2,29,30,31,32)/t16-,19+,23-/m0/s1. The van der Waals surface area contributed by atoms with Gasteiger partial charge in [0.25, 0.3) is 0 Å². The molecule has 4 N–H and O–H groups in total. The molecule has 1 aliphatic carbocycles. The summed E-state index contributed by atoms with van der Waals surface area (Å²) in [5.41, 5.74) is 3.34. The number of nitrogens with one attached hydrogen (secondary N) is 3. The Kier molecular flexibility index (Phi) is 7.14. The van der Waals surface area contributed by atoms with E-state index in [1.54, 1.807) is 30.0 Å². The zero-order chi connectivity index (χ0) is 26.8. The lowest BCUT2D eigenvalue weighted by Gasteiger charge is -2.16. The molecule has 0 radical (unpaired) electrons. The molecule has 1 fully saturated rings. The van der Waals surface area contributed by atoms with Crippen molar-refractivity contribution in [1.82, 2.24) is 30.1 Å². The van der Waals surface area contributed by atoms with Gasteiger partial charge in [-0.1, -0.05) is 12.1 Å². The van der Waals surface area contributed by atoms with Gasteiger partial charge < -0.3 is 25.2 Å². The predicted molar refractivity (Wildman–Crippen MR) is 138 cm³/mol. The summed E-state index contributed by atoms with van der Waals surface area (Å²) < 4.78 is 26.9. The number of hydrogen-bond donors (Lipinski definition) is 4. The maximum absolute atomic E-state index is 14.6.